The molecule has 4 rings (SSSR count). The number of methoxy groups -OCH3 is 1. The van der Waals surface area contributed by atoms with Crippen molar-refractivity contribution in [2.24, 2.45) is 0 Å². The normalized spacial score (nSPS) is 10.6. The van der Waals surface area contributed by atoms with Crippen LogP contribution in [0.5, 0.6) is 5.75 Å². The van der Waals surface area contributed by atoms with Crippen LogP contribution < -0.4 is 4.74 Å². The molecule has 0 unspecified atom stereocenters. The Balaban J connectivity index is 1.87. The van der Waals surface area contributed by atoms with E-state index in [2.05, 4.69) is 78.2 Å². The fourth-order valence-corrected chi connectivity index (χ4v) is 4.04. The minimum atomic E-state index is 0.877. The minimum Gasteiger partial charge on any atom is -0.497 e. The molecule has 122 valence electrons. The van der Waals surface area contributed by atoms with Crippen LogP contribution in [-0.2, 0) is 0 Å². The Hall–Kier alpha value is -2.84. The van der Waals surface area contributed by atoms with Crippen LogP contribution in [0.25, 0.3) is 32.7 Å². The highest BCUT2D eigenvalue weighted by Gasteiger charge is 2.13. The quantitative estimate of drug-likeness (QED) is 0.398. The first-order chi connectivity index (χ1) is 12.4. The fraction of sp³-hybridized carbons (Fsp3) is 0.0435. The zero-order chi connectivity index (χ0) is 17.1. The van der Waals surface area contributed by atoms with Gasteiger partial charge in [0.15, 0.2) is 0 Å². The molecule has 3 aromatic carbocycles. The molecule has 0 aliphatic heterocycles. The molecule has 1 nitrogen and oxygen atoms in total. The molecular weight excluding hydrogens is 324 g/mol. The Bertz CT molecular complexity index is 986. The van der Waals surface area contributed by atoms with E-state index in [1.54, 1.807) is 18.4 Å². The lowest BCUT2D eigenvalue weighted by Gasteiger charge is -2.12. The molecule has 4 aromatic rings. The van der Waals surface area contributed by atoms with E-state index in [0.717, 1.165) is 5.75 Å². The summed E-state index contributed by atoms with van der Waals surface area (Å²) < 4.78 is 5.40. The number of ether oxygens (including phenoxy) is 1. The zero-order valence-electron chi connectivity index (χ0n) is 14.0. The summed E-state index contributed by atoms with van der Waals surface area (Å²) in [5.74, 6) is 0.877. The molecule has 0 fully saturated rings. The van der Waals surface area contributed by atoms with E-state index in [0.29, 0.717) is 0 Å². The standard InChI is InChI=1S/C23H18OS/c1-24-19-11-7-10-18(16-19)20-12-5-6-13-22(20)23-21(14-15-25-23)17-8-3-2-4-9-17/h2-16H,1H3. The van der Waals surface area contributed by atoms with Crippen molar-refractivity contribution in [1.29, 1.82) is 0 Å². The highest BCUT2D eigenvalue weighted by molar-refractivity contribution is 7.14. The zero-order valence-corrected chi connectivity index (χ0v) is 14.8. The van der Waals surface area contributed by atoms with E-state index in [9.17, 15) is 0 Å². The second-order valence-corrected chi connectivity index (χ2v) is 6.72. The van der Waals surface area contributed by atoms with Crippen molar-refractivity contribution < 1.29 is 4.74 Å². The van der Waals surface area contributed by atoms with Gasteiger partial charge in [0.25, 0.3) is 0 Å². The Kier molecular flexibility index (Phi) is 4.36. The third-order valence-electron chi connectivity index (χ3n) is 4.30. The number of hydrogen-bond donors (Lipinski definition) is 0. The molecule has 0 aliphatic rings. The Morgan fingerprint density at radius 1 is 0.640 bits per heavy atom. The van der Waals surface area contributed by atoms with Gasteiger partial charge in [-0.2, -0.15) is 0 Å². The maximum absolute atomic E-state index is 5.40. The van der Waals surface area contributed by atoms with Crippen LogP contribution in [0.15, 0.2) is 90.3 Å². The topological polar surface area (TPSA) is 9.23 Å². The Labute approximate surface area is 152 Å². The second kappa shape index (κ2) is 6.96. The number of thiophene rings is 1. The predicted molar refractivity (Wildman–Crippen MR) is 107 cm³/mol. The van der Waals surface area contributed by atoms with Gasteiger partial charge in [-0.1, -0.05) is 66.7 Å². The van der Waals surface area contributed by atoms with Crippen LogP contribution in [-0.4, -0.2) is 7.11 Å². The molecule has 1 aromatic heterocycles. The van der Waals surface area contributed by atoms with E-state index in [1.807, 2.05) is 12.1 Å². The molecular formula is C23H18OS. The van der Waals surface area contributed by atoms with Crippen LogP contribution in [0, 0.1) is 0 Å². The first-order valence-electron chi connectivity index (χ1n) is 8.23. The summed E-state index contributed by atoms with van der Waals surface area (Å²) in [5.41, 5.74) is 6.17. The number of hydrogen-bond acceptors (Lipinski definition) is 2. The highest BCUT2D eigenvalue weighted by atomic mass is 32.1. The van der Waals surface area contributed by atoms with E-state index >= 15 is 0 Å². The summed E-state index contributed by atoms with van der Waals surface area (Å²) in [6, 6.07) is 29.6. The van der Waals surface area contributed by atoms with Crippen LogP contribution in [0.4, 0.5) is 0 Å². The molecule has 0 saturated carbocycles. The van der Waals surface area contributed by atoms with Crippen molar-refractivity contribution >= 4 is 11.3 Å². The van der Waals surface area contributed by atoms with Crippen molar-refractivity contribution in [2.75, 3.05) is 7.11 Å². The van der Waals surface area contributed by atoms with Crippen molar-refractivity contribution in [2.45, 2.75) is 0 Å². The smallest absolute Gasteiger partial charge is 0.119 e. The molecule has 0 aliphatic carbocycles. The molecule has 0 atom stereocenters. The van der Waals surface area contributed by atoms with E-state index in [4.69, 9.17) is 4.74 Å². The van der Waals surface area contributed by atoms with Gasteiger partial charge in [0.2, 0.25) is 0 Å². The average molecular weight is 342 g/mol. The maximum Gasteiger partial charge on any atom is 0.119 e. The Morgan fingerprint density at radius 2 is 1.36 bits per heavy atom. The van der Waals surface area contributed by atoms with E-state index < -0.39 is 0 Å². The lowest BCUT2D eigenvalue weighted by molar-refractivity contribution is 0.415. The van der Waals surface area contributed by atoms with Crippen molar-refractivity contribution in [3.05, 3.63) is 90.3 Å². The van der Waals surface area contributed by atoms with Crippen molar-refractivity contribution in [3.8, 4) is 38.4 Å². The molecule has 1 heterocycles. The third kappa shape index (κ3) is 3.09. The summed E-state index contributed by atoms with van der Waals surface area (Å²) in [4.78, 5) is 1.30. The van der Waals surface area contributed by atoms with Crippen LogP contribution >= 0.6 is 11.3 Å². The van der Waals surface area contributed by atoms with Gasteiger partial charge in [0.1, 0.15) is 5.75 Å². The monoisotopic (exact) mass is 342 g/mol. The van der Waals surface area contributed by atoms with E-state index in [1.165, 1.54) is 32.7 Å². The molecule has 0 N–H and O–H groups in total. The van der Waals surface area contributed by atoms with Gasteiger partial charge in [-0.05, 0) is 40.3 Å². The van der Waals surface area contributed by atoms with Gasteiger partial charge in [-0.3, -0.25) is 0 Å². The van der Waals surface area contributed by atoms with Crippen molar-refractivity contribution in [3.63, 3.8) is 0 Å². The van der Waals surface area contributed by atoms with Gasteiger partial charge in [0, 0.05) is 16.0 Å². The van der Waals surface area contributed by atoms with Crippen LogP contribution in [0.3, 0.4) is 0 Å². The number of rotatable bonds is 4. The summed E-state index contributed by atoms with van der Waals surface area (Å²) >= 11 is 1.79. The molecule has 0 bridgehead atoms. The summed E-state index contributed by atoms with van der Waals surface area (Å²) in [7, 11) is 1.71. The molecule has 0 saturated heterocycles. The minimum absolute atomic E-state index is 0.877. The summed E-state index contributed by atoms with van der Waals surface area (Å²) in [5, 5.41) is 2.17. The molecule has 0 radical (unpaired) electrons. The SMILES string of the molecule is COc1cccc(-c2ccccc2-c2sccc2-c2ccccc2)c1. The van der Waals surface area contributed by atoms with E-state index in [-0.39, 0.29) is 0 Å². The maximum atomic E-state index is 5.40. The summed E-state index contributed by atoms with van der Waals surface area (Å²) in [6.07, 6.45) is 0. The highest BCUT2D eigenvalue weighted by Crippen LogP contribution is 2.41. The van der Waals surface area contributed by atoms with Gasteiger partial charge < -0.3 is 4.74 Å². The summed E-state index contributed by atoms with van der Waals surface area (Å²) in [6.45, 7) is 0. The molecule has 0 spiro atoms. The van der Waals surface area contributed by atoms with Crippen molar-refractivity contribution in [1.82, 2.24) is 0 Å². The molecule has 25 heavy (non-hydrogen) atoms. The van der Waals surface area contributed by atoms with Gasteiger partial charge in [-0.15, -0.1) is 11.3 Å². The first-order valence-corrected chi connectivity index (χ1v) is 9.11. The average Bonchev–Trinajstić information content (AvgIpc) is 3.18. The second-order valence-electron chi connectivity index (χ2n) is 5.81. The third-order valence-corrected chi connectivity index (χ3v) is 5.25. The number of benzene rings is 3. The predicted octanol–water partition coefficient (Wildman–Crippen LogP) is 6.76. The first kappa shape index (κ1) is 15.7. The molecule has 0 amide bonds. The van der Waals surface area contributed by atoms with Crippen LogP contribution in [0.2, 0.25) is 0 Å². The van der Waals surface area contributed by atoms with Gasteiger partial charge in [-0.25, -0.2) is 0 Å². The Morgan fingerprint density at radius 3 is 2.16 bits per heavy atom. The molecule has 2 heteroatoms. The largest absolute Gasteiger partial charge is 0.497 e. The lowest BCUT2D eigenvalue weighted by atomic mass is 9.95. The van der Waals surface area contributed by atoms with Gasteiger partial charge in [0.05, 0.1) is 7.11 Å². The lowest BCUT2D eigenvalue weighted by Crippen LogP contribution is -1.87. The van der Waals surface area contributed by atoms with Crippen LogP contribution in [0.1, 0.15) is 0 Å². The van der Waals surface area contributed by atoms with Gasteiger partial charge >= 0.3 is 0 Å². The fourth-order valence-electron chi connectivity index (χ4n) is 3.09.